The van der Waals surface area contributed by atoms with Gasteiger partial charge in [-0.2, -0.15) is 0 Å². The maximum Gasteiger partial charge on any atom is 0.259 e. The highest BCUT2D eigenvalue weighted by molar-refractivity contribution is 7.09. The van der Waals surface area contributed by atoms with Crippen LogP contribution >= 0.6 is 23.1 Å². The van der Waals surface area contributed by atoms with Gasteiger partial charge in [0, 0.05) is 24.3 Å². The van der Waals surface area contributed by atoms with E-state index in [1.54, 1.807) is 6.07 Å². The van der Waals surface area contributed by atoms with E-state index in [0.717, 1.165) is 11.5 Å². The van der Waals surface area contributed by atoms with Gasteiger partial charge in [-0.05, 0) is 18.2 Å². The number of amides is 1. The van der Waals surface area contributed by atoms with Gasteiger partial charge in [0.25, 0.3) is 5.91 Å². The molecule has 94 valence electrons. The molecule has 0 unspecified atom stereocenters. The van der Waals surface area contributed by atoms with E-state index in [4.69, 9.17) is 11.6 Å². The zero-order valence-corrected chi connectivity index (χ0v) is 10.9. The fraction of sp³-hybridized carbons (Fsp3) is 0.222. The quantitative estimate of drug-likeness (QED) is 0.887. The van der Waals surface area contributed by atoms with E-state index in [2.05, 4.69) is 30.4 Å². The summed E-state index contributed by atoms with van der Waals surface area (Å²) in [5.74, 6) is 0.211. The summed E-state index contributed by atoms with van der Waals surface area (Å²) < 4.78 is 3.55. The number of halogens is 1. The maximum atomic E-state index is 11.9. The molecule has 1 amide bonds. The average Bonchev–Trinajstić information content (AvgIpc) is 2.84. The van der Waals surface area contributed by atoms with Crippen molar-refractivity contribution in [1.82, 2.24) is 19.8 Å². The van der Waals surface area contributed by atoms with Crippen LogP contribution in [0.15, 0.2) is 12.3 Å². The van der Waals surface area contributed by atoms with E-state index < -0.39 is 0 Å². The smallest absolute Gasteiger partial charge is 0.259 e. The molecule has 2 aromatic rings. The van der Waals surface area contributed by atoms with Gasteiger partial charge in [0.1, 0.15) is 5.82 Å². The molecule has 9 heteroatoms. The number of nitrogens with zero attached hydrogens (tertiary/aromatic N) is 4. The summed E-state index contributed by atoms with van der Waals surface area (Å²) in [7, 11) is 0. The highest BCUT2D eigenvalue weighted by Crippen LogP contribution is 2.19. The number of nitrogens with one attached hydrogen (secondary N) is 2. The van der Waals surface area contributed by atoms with E-state index >= 15 is 0 Å². The molecule has 0 spiro atoms. The third-order valence-corrected chi connectivity index (χ3v) is 2.79. The van der Waals surface area contributed by atoms with Crippen molar-refractivity contribution in [2.24, 2.45) is 0 Å². The van der Waals surface area contributed by atoms with E-state index in [9.17, 15) is 4.79 Å². The fourth-order valence-electron chi connectivity index (χ4n) is 1.24. The first kappa shape index (κ1) is 12.7. The highest BCUT2D eigenvalue weighted by Gasteiger charge is 2.13. The van der Waals surface area contributed by atoms with Crippen LogP contribution < -0.4 is 10.6 Å². The van der Waals surface area contributed by atoms with Crippen molar-refractivity contribution in [3.05, 3.63) is 22.8 Å². The number of aromatic nitrogens is 4. The van der Waals surface area contributed by atoms with Crippen molar-refractivity contribution < 1.29 is 4.79 Å². The fourth-order valence-corrected chi connectivity index (χ4v) is 1.79. The first-order valence-electron chi connectivity index (χ1n) is 5.06. The number of hydrogen-bond donors (Lipinski definition) is 2. The van der Waals surface area contributed by atoms with Gasteiger partial charge in [0.05, 0.1) is 10.6 Å². The summed E-state index contributed by atoms with van der Waals surface area (Å²) in [6.07, 6.45) is 1.42. The van der Waals surface area contributed by atoms with Crippen LogP contribution in [0.1, 0.15) is 17.3 Å². The third kappa shape index (κ3) is 2.90. The molecule has 0 aliphatic rings. The van der Waals surface area contributed by atoms with E-state index in [0.29, 0.717) is 23.1 Å². The molecule has 0 aliphatic carbocycles. The lowest BCUT2D eigenvalue weighted by Gasteiger charge is -2.06. The van der Waals surface area contributed by atoms with Crippen molar-refractivity contribution >= 4 is 40.0 Å². The van der Waals surface area contributed by atoms with Crippen LogP contribution in [0.25, 0.3) is 0 Å². The van der Waals surface area contributed by atoms with Crippen LogP contribution in [-0.2, 0) is 0 Å². The molecule has 0 saturated heterocycles. The minimum atomic E-state index is -0.375. The first-order chi connectivity index (χ1) is 8.70. The van der Waals surface area contributed by atoms with Crippen molar-refractivity contribution in [3.63, 3.8) is 0 Å². The Kier molecular flexibility index (Phi) is 4.00. The van der Waals surface area contributed by atoms with Crippen molar-refractivity contribution in [3.8, 4) is 0 Å². The Bertz CT molecular complexity index is 546. The standard InChI is InChI=1S/C9H9ClN6OS/c1-2-11-7-3-5(6(10)4-12-7)8(17)13-9-14-15-16-18-9/h3-4H,2H2,1H3,(H,11,12)(H,13,14,16,17). The lowest BCUT2D eigenvalue weighted by atomic mass is 10.2. The van der Waals surface area contributed by atoms with Gasteiger partial charge in [0.15, 0.2) is 0 Å². The van der Waals surface area contributed by atoms with Crippen LogP contribution in [0.5, 0.6) is 0 Å². The second-order valence-electron chi connectivity index (χ2n) is 3.20. The number of pyridine rings is 1. The molecule has 0 aliphatic heterocycles. The molecule has 2 aromatic heterocycles. The molecule has 18 heavy (non-hydrogen) atoms. The molecule has 0 saturated carbocycles. The molecule has 2 heterocycles. The zero-order valence-electron chi connectivity index (χ0n) is 9.35. The molecule has 0 bridgehead atoms. The minimum absolute atomic E-state index is 0.270. The second-order valence-corrected chi connectivity index (χ2v) is 4.34. The van der Waals surface area contributed by atoms with Gasteiger partial charge in [0.2, 0.25) is 5.13 Å². The van der Waals surface area contributed by atoms with Gasteiger partial charge >= 0.3 is 0 Å². The summed E-state index contributed by atoms with van der Waals surface area (Å²) >= 11 is 6.92. The number of carbonyl (C=O) groups is 1. The van der Waals surface area contributed by atoms with Crippen LogP contribution in [0.3, 0.4) is 0 Å². The Morgan fingerprint density at radius 2 is 2.39 bits per heavy atom. The lowest BCUT2D eigenvalue weighted by Crippen LogP contribution is -2.13. The summed E-state index contributed by atoms with van der Waals surface area (Å²) in [6, 6.07) is 1.58. The van der Waals surface area contributed by atoms with Gasteiger partial charge in [-0.15, -0.1) is 0 Å². The lowest BCUT2D eigenvalue weighted by molar-refractivity contribution is 0.102. The Morgan fingerprint density at radius 1 is 1.56 bits per heavy atom. The topological polar surface area (TPSA) is 92.7 Å². The predicted molar refractivity (Wildman–Crippen MR) is 69.1 cm³/mol. The summed E-state index contributed by atoms with van der Waals surface area (Å²) in [5, 5.41) is 13.1. The van der Waals surface area contributed by atoms with Crippen LogP contribution in [0.2, 0.25) is 5.02 Å². The largest absolute Gasteiger partial charge is 0.370 e. The molecule has 0 fully saturated rings. The maximum absolute atomic E-state index is 11.9. The SMILES string of the molecule is CCNc1cc(C(=O)Nc2nnns2)c(Cl)cn1. The predicted octanol–water partition coefficient (Wildman–Crippen LogP) is 1.67. The van der Waals surface area contributed by atoms with Crippen LogP contribution in [0.4, 0.5) is 10.9 Å². The Labute approximate surface area is 112 Å². The Balaban J connectivity index is 2.20. The minimum Gasteiger partial charge on any atom is -0.370 e. The van der Waals surface area contributed by atoms with Gasteiger partial charge in [-0.25, -0.2) is 4.98 Å². The van der Waals surface area contributed by atoms with Crippen LogP contribution in [0, 0.1) is 0 Å². The Hall–Kier alpha value is -1.80. The van der Waals surface area contributed by atoms with Gasteiger partial charge in [-0.1, -0.05) is 21.2 Å². The van der Waals surface area contributed by atoms with Crippen molar-refractivity contribution in [1.29, 1.82) is 0 Å². The molecule has 2 rings (SSSR count). The zero-order chi connectivity index (χ0) is 13.0. The van der Waals surface area contributed by atoms with Gasteiger partial charge in [-0.3, -0.25) is 10.1 Å². The van der Waals surface area contributed by atoms with E-state index in [1.165, 1.54) is 6.20 Å². The van der Waals surface area contributed by atoms with E-state index in [-0.39, 0.29) is 10.9 Å². The molecule has 2 N–H and O–H groups in total. The summed E-state index contributed by atoms with van der Waals surface area (Å²) in [6.45, 7) is 2.64. The Morgan fingerprint density at radius 3 is 3.06 bits per heavy atom. The summed E-state index contributed by atoms with van der Waals surface area (Å²) in [5.41, 5.74) is 0.317. The van der Waals surface area contributed by atoms with E-state index in [1.807, 2.05) is 6.92 Å². The average molecular weight is 285 g/mol. The number of rotatable bonds is 4. The summed E-state index contributed by atoms with van der Waals surface area (Å²) in [4.78, 5) is 16.0. The van der Waals surface area contributed by atoms with Gasteiger partial charge < -0.3 is 5.32 Å². The van der Waals surface area contributed by atoms with Crippen molar-refractivity contribution in [2.45, 2.75) is 6.92 Å². The molecule has 0 atom stereocenters. The normalized spacial score (nSPS) is 10.1. The highest BCUT2D eigenvalue weighted by atomic mass is 35.5. The number of anilines is 2. The molecule has 0 radical (unpaired) electrons. The third-order valence-electron chi connectivity index (χ3n) is 1.98. The monoisotopic (exact) mass is 284 g/mol. The van der Waals surface area contributed by atoms with Crippen LogP contribution in [-0.4, -0.2) is 32.2 Å². The number of carbonyl (C=O) groups excluding carboxylic acids is 1. The molecular formula is C9H9ClN6OS. The van der Waals surface area contributed by atoms with Crippen molar-refractivity contribution in [2.75, 3.05) is 17.2 Å². The molecular weight excluding hydrogens is 276 g/mol. The molecule has 0 aromatic carbocycles. The first-order valence-corrected chi connectivity index (χ1v) is 6.21. The second kappa shape index (κ2) is 5.69. The molecule has 7 nitrogen and oxygen atoms in total. The number of hydrogen-bond acceptors (Lipinski definition) is 7.